The van der Waals surface area contributed by atoms with Crippen molar-refractivity contribution in [3.8, 4) is 0 Å². The first-order valence-corrected chi connectivity index (χ1v) is 6.30. The molecule has 0 atom stereocenters. The zero-order valence-electron chi connectivity index (χ0n) is 9.68. The lowest BCUT2D eigenvalue weighted by Gasteiger charge is -2.05. The van der Waals surface area contributed by atoms with Crippen LogP contribution in [-0.2, 0) is 14.3 Å². The highest BCUT2D eigenvalue weighted by molar-refractivity contribution is 14.1. The molecule has 94 valence electrons. The van der Waals surface area contributed by atoms with Crippen molar-refractivity contribution in [2.24, 2.45) is 0 Å². The SMILES string of the molecule is CCOC(=O)C(=CC=O)C(=O)c1ccc(I)cc1. The van der Waals surface area contributed by atoms with Gasteiger partial charge >= 0.3 is 5.97 Å². The second kappa shape index (κ2) is 7.05. The maximum Gasteiger partial charge on any atom is 0.342 e. The van der Waals surface area contributed by atoms with Gasteiger partial charge in [0.2, 0.25) is 0 Å². The Hall–Kier alpha value is -1.50. The van der Waals surface area contributed by atoms with E-state index < -0.39 is 11.8 Å². The summed E-state index contributed by atoms with van der Waals surface area (Å²) >= 11 is 2.11. The van der Waals surface area contributed by atoms with E-state index in [0.29, 0.717) is 11.8 Å². The average molecular weight is 358 g/mol. The van der Waals surface area contributed by atoms with Crippen LogP contribution >= 0.6 is 22.6 Å². The quantitative estimate of drug-likeness (QED) is 0.154. The maximum atomic E-state index is 12.0. The molecule has 0 saturated heterocycles. The minimum atomic E-state index is -0.784. The van der Waals surface area contributed by atoms with Gasteiger partial charge in [-0.15, -0.1) is 0 Å². The maximum absolute atomic E-state index is 12.0. The summed E-state index contributed by atoms with van der Waals surface area (Å²) in [6, 6.07) is 6.69. The van der Waals surface area contributed by atoms with Gasteiger partial charge in [-0.05, 0) is 59.9 Å². The molecule has 18 heavy (non-hydrogen) atoms. The predicted molar refractivity (Wildman–Crippen MR) is 74.3 cm³/mol. The van der Waals surface area contributed by atoms with Crippen LogP contribution in [0.3, 0.4) is 0 Å². The lowest BCUT2D eigenvalue weighted by atomic mass is 10.0. The molecule has 1 aromatic carbocycles. The number of hydrogen-bond donors (Lipinski definition) is 0. The van der Waals surface area contributed by atoms with Gasteiger partial charge in [-0.1, -0.05) is 0 Å². The topological polar surface area (TPSA) is 60.4 Å². The van der Waals surface area contributed by atoms with Gasteiger partial charge in [0.05, 0.1) is 6.61 Å². The number of carbonyl (C=O) groups is 3. The van der Waals surface area contributed by atoms with Crippen LogP contribution in [0.5, 0.6) is 0 Å². The zero-order chi connectivity index (χ0) is 13.5. The molecule has 0 saturated carbocycles. The number of Topliss-reactive ketones (excluding diaryl/α,β-unsaturated/α-hetero) is 1. The van der Waals surface area contributed by atoms with Crippen molar-refractivity contribution in [3.63, 3.8) is 0 Å². The van der Waals surface area contributed by atoms with E-state index in [2.05, 4.69) is 22.6 Å². The van der Waals surface area contributed by atoms with Gasteiger partial charge < -0.3 is 4.74 Å². The van der Waals surface area contributed by atoms with Gasteiger partial charge in [-0.2, -0.15) is 0 Å². The summed E-state index contributed by atoms with van der Waals surface area (Å²) in [6.07, 6.45) is 1.33. The Balaban J connectivity index is 3.04. The minimum Gasteiger partial charge on any atom is -0.462 e. The normalized spacial score (nSPS) is 10.9. The van der Waals surface area contributed by atoms with E-state index in [1.807, 2.05) is 0 Å². The lowest BCUT2D eigenvalue weighted by molar-refractivity contribution is -0.138. The fourth-order valence-electron chi connectivity index (χ4n) is 1.27. The average Bonchev–Trinajstić information content (AvgIpc) is 2.36. The van der Waals surface area contributed by atoms with Gasteiger partial charge in [0.1, 0.15) is 11.9 Å². The Labute approximate surface area is 118 Å². The molecular weight excluding hydrogens is 347 g/mol. The number of ether oxygens (including phenoxy) is 1. The van der Waals surface area contributed by atoms with Crippen molar-refractivity contribution in [1.82, 2.24) is 0 Å². The summed E-state index contributed by atoms with van der Waals surface area (Å²) in [5.74, 6) is -1.30. The number of rotatable bonds is 5. The molecule has 4 nitrogen and oxygen atoms in total. The Morgan fingerprint density at radius 1 is 1.28 bits per heavy atom. The molecule has 0 amide bonds. The van der Waals surface area contributed by atoms with E-state index in [9.17, 15) is 14.4 Å². The zero-order valence-corrected chi connectivity index (χ0v) is 11.8. The van der Waals surface area contributed by atoms with E-state index in [1.165, 1.54) is 0 Å². The molecule has 0 N–H and O–H groups in total. The van der Waals surface area contributed by atoms with E-state index in [0.717, 1.165) is 9.65 Å². The molecule has 0 spiro atoms. The standard InChI is InChI=1S/C13H11IO4/c1-2-18-13(17)11(7-8-15)12(16)9-3-5-10(14)6-4-9/h3-8H,2H2,1H3. The van der Waals surface area contributed by atoms with Crippen molar-refractivity contribution < 1.29 is 19.1 Å². The number of aldehydes is 1. The van der Waals surface area contributed by atoms with Gasteiger partial charge in [0.25, 0.3) is 0 Å². The third-order valence-corrected chi connectivity index (χ3v) is 2.80. The summed E-state index contributed by atoms with van der Waals surface area (Å²) in [4.78, 5) is 34.1. The highest BCUT2D eigenvalue weighted by Crippen LogP contribution is 2.12. The number of halogens is 1. The van der Waals surface area contributed by atoms with Gasteiger partial charge in [0.15, 0.2) is 5.78 Å². The fraction of sp³-hybridized carbons (Fsp3) is 0.154. The number of esters is 1. The molecule has 0 aliphatic heterocycles. The van der Waals surface area contributed by atoms with Crippen LogP contribution in [0.25, 0.3) is 0 Å². The van der Waals surface area contributed by atoms with E-state index in [4.69, 9.17) is 4.74 Å². The molecule has 0 unspecified atom stereocenters. The van der Waals surface area contributed by atoms with Crippen molar-refractivity contribution in [3.05, 3.63) is 45.0 Å². The number of carbonyl (C=O) groups excluding carboxylic acids is 3. The van der Waals surface area contributed by atoms with Gasteiger partial charge in [-0.25, -0.2) is 4.79 Å². The van der Waals surface area contributed by atoms with Crippen molar-refractivity contribution >= 4 is 40.6 Å². The lowest BCUT2D eigenvalue weighted by Crippen LogP contribution is -2.16. The first kappa shape index (κ1) is 14.6. The molecule has 1 aromatic rings. The fourth-order valence-corrected chi connectivity index (χ4v) is 1.63. The molecule has 0 aromatic heterocycles. The molecule has 0 aliphatic rings. The highest BCUT2D eigenvalue weighted by Gasteiger charge is 2.20. The molecule has 0 fully saturated rings. The first-order valence-electron chi connectivity index (χ1n) is 5.23. The molecule has 5 heteroatoms. The molecule has 0 bridgehead atoms. The third-order valence-electron chi connectivity index (χ3n) is 2.08. The minimum absolute atomic E-state index is 0.148. The number of benzene rings is 1. The van der Waals surface area contributed by atoms with Crippen LogP contribution in [0.15, 0.2) is 35.9 Å². The number of ketones is 1. The van der Waals surface area contributed by atoms with Crippen LogP contribution in [0, 0.1) is 3.57 Å². The van der Waals surface area contributed by atoms with Crippen molar-refractivity contribution in [2.45, 2.75) is 6.92 Å². The molecular formula is C13H11IO4. The smallest absolute Gasteiger partial charge is 0.342 e. The molecule has 0 radical (unpaired) electrons. The Morgan fingerprint density at radius 2 is 1.89 bits per heavy atom. The number of allylic oxidation sites excluding steroid dienone is 1. The van der Waals surface area contributed by atoms with Crippen molar-refractivity contribution in [2.75, 3.05) is 6.61 Å². The van der Waals surface area contributed by atoms with Gasteiger partial charge in [0, 0.05) is 9.13 Å². The second-order valence-electron chi connectivity index (χ2n) is 3.27. The van der Waals surface area contributed by atoms with E-state index in [1.54, 1.807) is 31.2 Å². The summed E-state index contributed by atoms with van der Waals surface area (Å²) < 4.78 is 5.71. The van der Waals surface area contributed by atoms with E-state index in [-0.39, 0.29) is 12.2 Å². The summed E-state index contributed by atoms with van der Waals surface area (Å²) in [5.41, 5.74) is 0.0876. The molecule has 1 rings (SSSR count). The van der Waals surface area contributed by atoms with Crippen LogP contribution < -0.4 is 0 Å². The van der Waals surface area contributed by atoms with Crippen molar-refractivity contribution in [1.29, 1.82) is 0 Å². The Kier molecular flexibility index (Phi) is 5.70. The summed E-state index contributed by atoms with van der Waals surface area (Å²) in [7, 11) is 0. The van der Waals surface area contributed by atoms with Crippen LogP contribution in [0.4, 0.5) is 0 Å². The number of hydrogen-bond acceptors (Lipinski definition) is 4. The largest absolute Gasteiger partial charge is 0.462 e. The van der Waals surface area contributed by atoms with Crippen LogP contribution in [0.1, 0.15) is 17.3 Å². The monoisotopic (exact) mass is 358 g/mol. The molecule has 0 heterocycles. The van der Waals surface area contributed by atoms with Crippen LogP contribution in [-0.4, -0.2) is 24.6 Å². The summed E-state index contributed by atoms with van der Waals surface area (Å²) in [5, 5.41) is 0. The third kappa shape index (κ3) is 3.76. The second-order valence-corrected chi connectivity index (χ2v) is 4.52. The highest BCUT2D eigenvalue weighted by atomic mass is 127. The van der Waals surface area contributed by atoms with Crippen LogP contribution in [0.2, 0.25) is 0 Å². The Morgan fingerprint density at radius 3 is 2.39 bits per heavy atom. The Bertz CT molecular complexity index is 488. The summed E-state index contributed by atoms with van der Waals surface area (Å²) in [6.45, 7) is 1.78. The van der Waals surface area contributed by atoms with Gasteiger partial charge in [-0.3, -0.25) is 9.59 Å². The molecule has 0 aliphatic carbocycles. The predicted octanol–water partition coefficient (Wildman–Crippen LogP) is 2.16. The van der Waals surface area contributed by atoms with E-state index >= 15 is 0 Å². The first-order chi connectivity index (χ1) is 8.60.